The summed E-state index contributed by atoms with van der Waals surface area (Å²) in [7, 11) is 1.55. The first-order valence-corrected chi connectivity index (χ1v) is 9.77. The lowest BCUT2D eigenvalue weighted by Crippen LogP contribution is -2.13. The Morgan fingerprint density at radius 1 is 1.17 bits per heavy atom. The van der Waals surface area contributed by atoms with Gasteiger partial charge in [-0.3, -0.25) is 4.79 Å². The van der Waals surface area contributed by atoms with Crippen LogP contribution in [0.5, 0.6) is 11.5 Å². The topological polar surface area (TPSA) is 71.3 Å². The van der Waals surface area contributed by atoms with Crippen LogP contribution in [0.15, 0.2) is 64.6 Å². The van der Waals surface area contributed by atoms with Crippen molar-refractivity contribution in [2.75, 3.05) is 19.0 Å². The van der Waals surface area contributed by atoms with Gasteiger partial charge >= 0.3 is 0 Å². The quantitative estimate of drug-likeness (QED) is 0.394. The zero-order valence-corrected chi connectivity index (χ0v) is 17.6. The molecule has 0 aliphatic heterocycles. The number of rotatable bonds is 6. The molecule has 0 unspecified atom stereocenters. The van der Waals surface area contributed by atoms with Crippen LogP contribution >= 0.6 is 15.9 Å². The summed E-state index contributed by atoms with van der Waals surface area (Å²) in [6.45, 7) is 2.33. The number of carbonyl (C=O) groups is 1. The minimum atomic E-state index is -0.479. The molecule has 0 radical (unpaired) electrons. The Morgan fingerprint density at radius 3 is 2.62 bits per heavy atom. The van der Waals surface area contributed by atoms with Crippen LogP contribution < -0.4 is 14.8 Å². The van der Waals surface area contributed by atoms with Gasteiger partial charge in [-0.25, -0.2) is 0 Å². The van der Waals surface area contributed by atoms with E-state index in [1.54, 1.807) is 19.2 Å². The summed E-state index contributed by atoms with van der Waals surface area (Å²) >= 11 is 3.44. The van der Waals surface area contributed by atoms with Crippen molar-refractivity contribution in [1.29, 1.82) is 5.26 Å². The third-order valence-corrected chi connectivity index (χ3v) is 4.81. The first kappa shape index (κ1) is 20.4. The van der Waals surface area contributed by atoms with Crippen LogP contribution in [0.2, 0.25) is 0 Å². The molecule has 0 atom stereocenters. The molecule has 0 aliphatic rings. The molecule has 5 nitrogen and oxygen atoms in total. The van der Waals surface area contributed by atoms with Crippen LogP contribution in [0.1, 0.15) is 12.5 Å². The molecular weight excluding hydrogens is 432 g/mol. The van der Waals surface area contributed by atoms with Gasteiger partial charge in [-0.15, -0.1) is 0 Å². The summed E-state index contributed by atoms with van der Waals surface area (Å²) in [5, 5.41) is 14.4. The zero-order chi connectivity index (χ0) is 20.8. The molecule has 0 aliphatic carbocycles. The van der Waals surface area contributed by atoms with Crippen molar-refractivity contribution in [2.24, 2.45) is 0 Å². The molecule has 0 bridgehead atoms. The van der Waals surface area contributed by atoms with Crippen LogP contribution in [0.4, 0.5) is 5.69 Å². The standard InChI is InChI=1S/C23H19BrN2O3/c1-3-29-21-12-15(11-20(24)22(21)28-2)10-18(14-25)23(27)26-19-9-8-16-6-4-5-7-17(16)13-19/h4-13H,3H2,1-2H3,(H,26,27)/b18-10+. The molecule has 3 aromatic rings. The molecule has 29 heavy (non-hydrogen) atoms. The van der Waals surface area contributed by atoms with Crippen LogP contribution in [-0.4, -0.2) is 19.6 Å². The SMILES string of the molecule is CCOc1cc(/C=C(\C#N)C(=O)Nc2ccc3ccccc3c2)cc(Br)c1OC. The minimum Gasteiger partial charge on any atom is -0.492 e. The number of ether oxygens (including phenoxy) is 2. The highest BCUT2D eigenvalue weighted by Crippen LogP contribution is 2.37. The van der Waals surface area contributed by atoms with Crippen LogP contribution in [0, 0.1) is 11.3 Å². The molecule has 1 amide bonds. The lowest BCUT2D eigenvalue weighted by Gasteiger charge is -2.12. The first-order valence-electron chi connectivity index (χ1n) is 8.98. The third kappa shape index (κ3) is 4.76. The normalized spacial score (nSPS) is 11.0. The number of carbonyl (C=O) groups excluding carboxylic acids is 1. The lowest BCUT2D eigenvalue weighted by molar-refractivity contribution is -0.112. The minimum absolute atomic E-state index is 0.0160. The van der Waals surface area contributed by atoms with Crippen molar-refractivity contribution in [2.45, 2.75) is 6.92 Å². The van der Waals surface area contributed by atoms with Crippen LogP contribution in [0.3, 0.4) is 0 Å². The van der Waals surface area contributed by atoms with Gasteiger partial charge in [0.05, 0.1) is 18.2 Å². The Labute approximate surface area is 177 Å². The molecule has 3 rings (SSSR count). The molecule has 0 aromatic heterocycles. The zero-order valence-electron chi connectivity index (χ0n) is 16.0. The Morgan fingerprint density at radius 2 is 1.93 bits per heavy atom. The predicted octanol–water partition coefficient (Wildman–Crippen LogP) is 5.56. The first-order chi connectivity index (χ1) is 14.0. The van der Waals surface area contributed by atoms with Crippen molar-refractivity contribution < 1.29 is 14.3 Å². The largest absolute Gasteiger partial charge is 0.492 e. The predicted molar refractivity (Wildman–Crippen MR) is 118 cm³/mol. The second-order valence-electron chi connectivity index (χ2n) is 6.15. The Balaban J connectivity index is 1.88. The van der Waals surface area contributed by atoms with E-state index in [1.807, 2.05) is 55.5 Å². The number of hydrogen-bond acceptors (Lipinski definition) is 4. The fraction of sp³-hybridized carbons (Fsp3) is 0.130. The second-order valence-corrected chi connectivity index (χ2v) is 7.01. The number of fused-ring (bicyclic) bond motifs is 1. The van der Waals surface area contributed by atoms with E-state index < -0.39 is 5.91 Å². The molecule has 0 heterocycles. The van der Waals surface area contributed by atoms with Crippen molar-refractivity contribution >= 4 is 44.4 Å². The van der Waals surface area contributed by atoms with Crippen molar-refractivity contribution in [1.82, 2.24) is 0 Å². The number of halogens is 1. The smallest absolute Gasteiger partial charge is 0.266 e. The average Bonchev–Trinajstić information content (AvgIpc) is 2.72. The van der Waals surface area contributed by atoms with Gasteiger partial charge in [0.15, 0.2) is 11.5 Å². The van der Waals surface area contributed by atoms with Gasteiger partial charge in [0.2, 0.25) is 0 Å². The van der Waals surface area contributed by atoms with E-state index in [0.717, 1.165) is 10.8 Å². The number of nitrogens with one attached hydrogen (secondary N) is 1. The number of amides is 1. The van der Waals surface area contributed by atoms with E-state index in [4.69, 9.17) is 9.47 Å². The molecule has 146 valence electrons. The summed E-state index contributed by atoms with van der Waals surface area (Å²) < 4.78 is 11.6. The Bertz CT molecular complexity index is 1130. The molecule has 0 saturated heterocycles. The monoisotopic (exact) mass is 450 g/mol. The number of hydrogen-bond donors (Lipinski definition) is 1. The number of nitriles is 1. The van der Waals surface area contributed by atoms with Gasteiger partial charge in [0.25, 0.3) is 5.91 Å². The maximum atomic E-state index is 12.6. The van der Waals surface area contributed by atoms with Crippen molar-refractivity contribution in [3.8, 4) is 17.6 Å². The number of methoxy groups -OCH3 is 1. The van der Waals surface area contributed by atoms with E-state index in [0.29, 0.717) is 33.8 Å². The fourth-order valence-corrected chi connectivity index (χ4v) is 3.53. The number of nitrogens with zero attached hydrogens (tertiary/aromatic N) is 1. The number of benzene rings is 3. The summed E-state index contributed by atoms with van der Waals surface area (Å²) in [6, 6.07) is 18.9. The summed E-state index contributed by atoms with van der Waals surface area (Å²) in [5.74, 6) is 0.610. The van der Waals surface area contributed by atoms with E-state index >= 15 is 0 Å². The number of anilines is 1. The maximum absolute atomic E-state index is 12.6. The second kappa shape index (κ2) is 9.26. The fourth-order valence-electron chi connectivity index (χ4n) is 2.91. The van der Waals surface area contributed by atoms with Crippen LogP contribution in [0.25, 0.3) is 16.8 Å². The average molecular weight is 451 g/mol. The Kier molecular flexibility index (Phi) is 6.53. The highest BCUT2D eigenvalue weighted by molar-refractivity contribution is 9.10. The lowest BCUT2D eigenvalue weighted by atomic mass is 10.1. The highest BCUT2D eigenvalue weighted by atomic mass is 79.9. The van der Waals surface area contributed by atoms with Gasteiger partial charge < -0.3 is 14.8 Å². The third-order valence-electron chi connectivity index (χ3n) is 4.22. The summed E-state index contributed by atoms with van der Waals surface area (Å²) in [4.78, 5) is 12.6. The molecule has 1 N–H and O–H groups in total. The van der Waals surface area contributed by atoms with Gasteiger partial charge in [-0.2, -0.15) is 5.26 Å². The van der Waals surface area contributed by atoms with Gasteiger partial charge in [-0.05, 0) is 69.5 Å². The maximum Gasteiger partial charge on any atom is 0.266 e. The molecule has 3 aromatic carbocycles. The highest BCUT2D eigenvalue weighted by Gasteiger charge is 2.14. The molecule has 0 saturated carbocycles. The molecule has 0 spiro atoms. The van der Waals surface area contributed by atoms with Crippen molar-refractivity contribution in [3.63, 3.8) is 0 Å². The van der Waals surface area contributed by atoms with Gasteiger partial charge in [0, 0.05) is 5.69 Å². The summed E-state index contributed by atoms with van der Waals surface area (Å²) in [6.07, 6.45) is 1.52. The van der Waals surface area contributed by atoms with E-state index in [1.165, 1.54) is 6.08 Å². The Hall–Kier alpha value is -3.30. The molecule has 6 heteroatoms. The van der Waals surface area contributed by atoms with E-state index in [9.17, 15) is 10.1 Å². The summed E-state index contributed by atoms with van der Waals surface area (Å²) in [5.41, 5.74) is 1.25. The molecule has 0 fully saturated rings. The molecular formula is C23H19BrN2O3. The van der Waals surface area contributed by atoms with Gasteiger partial charge in [0.1, 0.15) is 11.6 Å². The van der Waals surface area contributed by atoms with E-state index in [2.05, 4.69) is 21.2 Å². The van der Waals surface area contributed by atoms with E-state index in [-0.39, 0.29) is 5.57 Å². The van der Waals surface area contributed by atoms with Gasteiger partial charge in [-0.1, -0.05) is 30.3 Å². The van der Waals surface area contributed by atoms with Crippen LogP contribution in [-0.2, 0) is 4.79 Å². The van der Waals surface area contributed by atoms with Crippen molar-refractivity contribution in [3.05, 3.63) is 70.2 Å².